The van der Waals surface area contributed by atoms with E-state index in [-0.39, 0.29) is 11.3 Å². The smallest absolute Gasteiger partial charge is 0.336 e. The molecule has 0 heterocycles. The predicted molar refractivity (Wildman–Crippen MR) is 49.6 cm³/mol. The van der Waals surface area contributed by atoms with E-state index in [2.05, 4.69) is 0 Å². The number of carbonyl (C=O) groups is 1. The van der Waals surface area contributed by atoms with Crippen molar-refractivity contribution in [2.24, 2.45) is 0 Å². The summed E-state index contributed by atoms with van der Waals surface area (Å²) in [6.45, 7) is 0. The molecule has 0 fully saturated rings. The van der Waals surface area contributed by atoms with E-state index in [1.807, 2.05) is 0 Å². The van der Waals surface area contributed by atoms with Crippen LogP contribution in [0.5, 0.6) is 5.75 Å². The Hall–Kier alpha value is -2.16. The van der Waals surface area contributed by atoms with Crippen LogP contribution in [-0.4, -0.2) is 18.2 Å². The average Bonchev–Trinajstić information content (AvgIpc) is 2.26. The van der Waals surface area contributed by atoms with Crippen molar-refractivity contribution in [1.29, 1.82) is 5.26 Å². The molecular formula is C10H7F2NO3. The largest absolute Gasteiger partial charge is 0.495 e. The maximum Gasteiger partial charge on any atom is 0.336 e. The summed E-state index contributed by atoms with van der Waals surface area (Å²) in [6, 6.07) is 3.40. The van der Waals surface area contributed by atoms with Gasteiger partial charge in [-0.05, 0) is 12.1 Å². The summed E-state index contributed by atoms with van der Waals surface area (Å²) in [5, 5.41) is 17.4. The Balaban J connectivity index is 3.49. The van der Waals surface area contributed by atoms with Gasteiger partial charge in [-0.25, -0.2) is 13.6 Å². The van der Waals surface area contributed by atoms with Crippen molar-refractivity contribution in [1.82, 2.24) is 0 Å². The Morgan fingerprint density at radius 1 is 1.56 bits per heavy atom. The van der Waals surface area contributed by atoms with Crippen LogP contribution in [0.2, 0.25) is 0 Å². The minimum atomic E-state index is -2.95. The maximum atomic E-state index is 12.5. The zero-order valence-corrected chi connectivity index (χ0v) is 8.20. The van der Waals surface area contributed by atoms with Gasteiger partial charge in [-0.3, -0.25) is 0 Å². The van der Waals surface area contributed by atoms with Gasteiger partial charge in [0.2, 0.25) is 0 Å². The molecule has 0 unspecified atom stereocenters. The summed E-state index contributed by atoms with van der Waals surface area (Å²) in [5.41, 5.74) is -1.38. The molecule has 0 saturated heterocycles. The summed E-state index contributed by atoms with van der Waals surface area (Å²) < 4.78 is 29.8. The highest BCUT2D eigenvalue weighted by Crippen LogP contribution is 2.29. The third-order valence-corrected chi connectivity index (χ3v) is 1.96. The highest BCUT2D eigenvalue weighted by atomic mass is 19.3. The van der Waals surface area contributed by atoms with E-state index in [0.29, 0.717) is 0 Å². The third kappa shape index (κ3) is 2.08. The number of carboxylic acids is 1. The first-order valence-corrected chi connectivity index (χ1v) is 4.14. The Morgan fingerprint density at radius 2 is 2.19 bits per heavy atom. The molecule has 4 nitrogen and oxygen atoms in total. The lowest BCUT2D eigenvalue weighted by atomic mass is 10.0. The Kier molecular flexibility index (Phi) is 3.40. The highest BCUT2D eigenvalue weighted by Gasteiger charge is 2.21. The molecule has 0 spiro atoms. The topological polar surface area (TPSA) is 70.3 Å². The lowest BCUT2D eigenvalue weighted by Crippen LogP contribution is -2.05. The Morgan fingerprint density at radius 3 is 2.56 bits per heavy atom. The normalized spacial score (nSPS) is 9.94. The number of rotatable bonds is 3. The van der Waals surface area contributed by atoms with Crippen molar-refractivity contribution in [2.75, 3.05) is 7.11 Å². The number of aromatic carboxylic acids is 1. The zero-order chi connectivity index (χ0) is 12.3. The van der Waals surface area contributed by atoms with Gasteiger partial charge in [-0.1, -0.05) is 0 Å². The van der Waals surface area contributed by atoms with Crippen LogP contribution >= 0.6 is 0 Å². The van der Waals surface area contributed by atoms with Gasteiger partial charge in [0.05, 0.1) is 18.2 Å². The number of halogens is 2. The summed E-state index contributed by atoms with van der Waals surface area (Å²) >= 11 is 0. The molecule has 1 N–H and O–H groups in total. The Bertz CT molecular complexity index is 466. The molecule has 0 aromatic heterocycles. The third-order valence-electron chi connectivity index (χ3n) is 1.96. The first-order valence-electron chi connectivity index (χ1n) is 4.14. The maximum absolute atomic E-state index is 12.5. The van der Waals surface area contributed by atoms with Crippen molar-refractivity contribution in [3.8, 4) is 11.8 Å². The van der Waals surface area contributed by atoms with Gasteiger partial charge in [0.25, 0.3) is 6.43 Å². The van der Waals surface area contributed by atoms with Gasteiger partial charge in [0.1, 0.15) is 11.8 Å². The second kappa shape index (κ2) is 4.57. The van der Waals surface area contributed by atoms with Crippen LogP contribution in [-0.2, 0) is 0 Å². The molecule has 0 aliphatic carbocycles. The molecule has 6 heteroatoms. The molecule has 0 aliphatic heterocycles. The van der Waals surface area contributed by atoms with Gasteiger partial charge in [-0.15, -0.1) is 0 Å². The van der Waals surface area contributed by atoms with Gasteiger partial charge in [0.15, 0.2) is 0 Å². The van der Waals surface area contributed by atoms with Crippen molar-refractivity contribution in [3.63, 3.8) is 0 Å². The first kappa shape index (κ1) is 11.9. The summed E-state index contributed by atoms with van der Waals surface area (Å²) in [7, 11) is 1.23. The molecule has 0 aliphatic rings. The van der Waals surface area contributed by atoms with Gasteiger partial charge in [0, 0.05) is 5.56 Å². The van der Waals surface area contributed by atoms with E-state index in [1.165, 1.54) is 7.11 Å². The standard InChI is InChI=1S/C10H7F2NO3/c1-16-8-3-7(10(14)15)6(9(11)12)2-5(8)4-13/h2-3,9H,1H3,(H,14,15). The molecule has 0 amide bonds. The number of nitrogens with zero attached hydrogens (tertiary/aromatic N) is 1. The number of carboxylic acid groups (broad SMARTS) is 1. The fourth-order valence-electron chi connectivity index (χ4n) is 1.22. The molecule has 1 aromatic rings. The molecule has 1 rings (SSSR count). The molecule has 1 aromatic carbocycles. The molecule has 16 heavy (non-hydrogen) atoms. The molecule has 0 bridgehead atoms. The van der Waals surface area contributed by atoms with Crippen LogP contribution in [0.1, 0.15) is 27.9 Å². The van der Waals surface area contributed by atoms with Crippen LogP contribution in [0.15, 0.2) is 12.1 Å². The molecular weight excluding hydrogens is 220 g/mol. The molecule has 0 atom stereocenters. The monoisotopic (exact) mass is 227 g/mol. The number of alkyl halides is 2. The van der Waals surface area contributed by atoms with Crippen LogP contribution < -0.4 is 4.74 Å². The van der Waals surface area contributed by atoms with E-state index in [4.69, 9.17) is 15.1 Å². The zero-order valence-electron chi connectivity index (χ0n) is 8.20. The van der Waals surface area contributed by atoms with Gasteiger partial charge in [-0.2, -0.15) is 5.26 Å². The van der Waals surface area contributed by atoms with Crippen molar-refractivity contribution in [2.45, 2.75) is 6.43 Å². The van der Waals surface area contributed by atoms with Crippen LogP contribution in [0.4, 0.5) is 8.78 Å². The Labute approximate surface area is 89.7 Å². The molecule has 0 saturated carbocycles. The number of methoxy groups -OCH3 is 1. The summed E-state index contributed by atoms with van der Waals surface area (Å²) in [5.74, 6) is -1.53. The average molecular weight is 227 g/mol. The second-order valence-electron chi connectivity index (χ2n) is 2.86. The van der Waals surface area contributed by atoms with E-state index in [9.17, 15) is 13.6 Å². The quantitative estimate of drug-likeness (QED) is 0.859. The number of hydrogen-bond acceptors (Lipinski definition) is 3. The van der Waals surface area contributed by atoms with Crippen molar-refractivity contribution in [3.05, 3.63) is 28.8 Å². The number of benzene rings is 1. The van der Waals surface area contributed by atoms with E-state index >= 15 is 0 Å². The molecule has 0 radical (unpaired) electrons. The highest BCUT2D eigenvalue weighted by molar-refractivity contribution is 5.90. The fraction of sp³-hybridized carbons (Fsp3) is 0.200. The number of hydrogen-bond donors (Lipinski definition) is 1. The van der Waals surface area contributed by atoms with Crippen LogP contribution in [0.3, 0.4) is 0 Å². The number of ether oxygens (including phenoxy) is 1. The first-order chi connectivity index (χ1) is 7.51. The second-order valence-corrected chi connectivity index (χ2v) is 2.86. The minimum Gasteiger partial charge on any atom is -0.495 e. The minimum absolute atomic E-state index is 0.0377. The van der Waals surface area contributed by atoms with E-state index < -0.39 is 23.5 Å². The van der Waals surface area contributed by atoms with E-state index in [0.717, 1.165) is 12.1 Å². The van der Waals surface area contributed by atoms with E-state index in [1.54, 1.807) is 6.07 Å². The number of nitriles is 1. The molecule has 84 valence electrons. The summed E-state index contributed by atoms with van der Waals surface area (Å²) in [4.78, 5) is 10.7. The van der Waals surface area contributed by atoms with Gasteiger partial charge < -0.3 is 9.84 Å². The van der Waals surface area contributed by atoms with Gasteiger partial charge >= 0.3 is 5.97 Å². The lowest BCUT2D eigenvalue weighted by Gasteiger charge is -2.09. The van der Waals surface area contributed by atoms with Crippen LogP contribution in [0, 0.1) is 11.3 Å². The fourth-order valence-corrected chi connectivity index (χ4v) is 1.22. The van der Waals surface area contributed by atoms with Crippen LogP contribution in [0.25, 0.3) is 0 Å². The lowest BCUT2D eigenvalue weighted by molar-refractivity contribution is 0.0684. The van der Waals surface area contributed by atoms with Crippen molar-refractivity contribution >= 4 is 5.97 Å². The SMILES string of the molecule is COc1cc(C(=O)O)c(C(F)F)cc1C#N. The predicted octanol–water partition coefficient (Wildman–Crippen LogP) is 2.20. The summed E-state index contributed by atoms with van der Waals surface area (Å²) in [6.07, 6.45) is -2.95. The van der Waals surface area contributed by atoms with Crippen molar-refractivity contribution < 1.29 is 23.4 Å².